The summed E-state index contributed by atoms with van der Waals surface area (Å²) in [7, 11) is 1.60. The van der Waals surface area contributed by atoms with E-state index in [4.69, 9.17) is 104 Å². The Balaban J connectivity index is 0.000000213. The quantitative estimate of drug-likeness (QED) is 0.00958. The summed E-state index contributed by atoms with van der Waals surface area (Å²) in [5.41, 5.74) is 0. The zero-order valence-electron chi connectivity index (χ0n) is 66.3. The molecule has 12 rings (SSSR count). The van der Waals surface area contributed by atoms with E-state index in [1.54, 1.807) is 110 Å². The fourth-order valence-corrected chi connectivity index (χ4v) is 18.0. The third-order valence-electron chi connectivity index (χ3n) is 23.0. The van der Waals surface area contributed by atoms with E-state index in [0.29, 0.717) is 166 Å². The monoisotopic (exact) mass is 2190 g/mol. The molecule has 4 aromatic carbocycles. The first-order chi connectivity index (χ1) is 55.9. The van der Waals surface area contributed by atoms with Crippen LogP contribution in [0.15, 0.2) is 122 Å². The first-order valence-corrected chi connectivity index (χ1v) is 55.0. The number of aliphatic carboxylic acids is 1. The summed E-state index contributed by atoms with van der Waals surface area (Å²) in [6.07, 6.45) is 15.0. The van der Waals surface area contributed by atoms with Crippen molar-refractivity contribution in [3.8, 4) is 23.0 Å². The van der Waals surface area contributed by atoms with Gasteiger partial charge in [0.05, 0.1) is 62.2 Å². The molecule has 19 nitrogen and oxygen atoms in total. The van der Waals surface area contributed by atoms with E-state index in [-0.39, 0.29) is 165 Å². The Hall–Kier alpha value is -1.22. The van der Waals surface area contributed by atoms with Crippen molar-refractivity contribution in [2.75, 3.05) is 46.8 Å². The Bertz CT molecular complexity index is 3470. The summed E-state index contributed by atoms with van der Waals surface area (Å²) in [5.74, 6) is 1.80. The smallest absolute Gasteiger partial charge is 0.303 e. The minimum absolute atomic E-state index is 0. The van der Waals surface area contributed by atoms with Gasteiger partial charge in [-0.1, -0.05) is 82.8 Å². The minimum atomic E-state index is -1.17. The van der Waals surface area contributed by atoms with Crippen LogP contribution in [0.25, 0.3) is 0 Å². The predicted octanol–water partition coefficient (Wildman–Crippen LogP) is 16.3. The number of hydrogen-bond donors (Lipinski definition) is 7. The number of carbonyl (C=O) groups is 1. The van der Waals surface area contributed by atoms with Crippen molar-refractivity contribution in [3.63, 3.8) is 0 Å². The SMILES string of the molecule is COC=CC[C@@H]1[C@@H](CC[C@@H](F)COc2cccc(Cl)c2)[C@H](OC2CCCCO2)C[C@@H]1O.I[I-]I.O=C(O)CC/C=C\CC[C@@H]1[C@@H](CC[C@@H](F)COc2cccc(Cl)c2)[C@H](O)C[C@@H]1O.OC1CC[C@@H]2[C@@H](CC[C@@H](F)COc3cccc(Cl)c3)[C@H](O)C[C@@H]2O1.OC1C[C@@H]2[C@@H](CC[C@@H](F)COc3cccc(Cl)c3)[C@H](OC3CCCCO3)C[C@@H]2O1.[Pr]. The number of fused-ring (bicyclic) bond motifs is 2. The second-order valence-electron chi connectivity index (χ2n) is 31.2. The van der Waals surface area contributed by atoms with E-state index in [1.165, 1.54) is 0 Å². The number of rotatable bonds is 37. The number of benzene rings is 4. The third kappa shape index (κ3) is 37.3. The number of hydrogen-bond acceptors (Lipinski definition) is 18. The Morgan fingerprint density at radius 1 is 0.487 bits per heavy atom. The maximum atomic E-state index is 14.6. The van der Waals surface area contributed by atoms with E-state index < -0.39 is 67.7 Å². The van der Waals surface area contributed by atoms with Crippen LogP contribution in [0.1, 0.15) is 167 Å². The summed E-state index contributed by atoms with van der Waals surface area (Å²) in [6.45, 7) is 1.31. The van der Waals surface area contributed by atoms with Crippen LogP contribution in [0.4, 0.5) is 17.6 Å². The maximum Gasteiger partial charge on any atom is 0.303 e. The van der Waals surface area contributed by atoms with E-state index in [1.807, 2.05) is 18.2 Å². The molecule has 1 radical (unpaired) electrons. The molecule has 117 heavy (non-hydrogen) atoms. The molecular formula is C86H118Cl4F4I3O19Pr-. The van der Waals surface area contributed by atoms with E-state index >= 15 is 0 Å². The molecule has 4 heterocycles. The third-order valence-corrected chi connectivity index (χ3v) is 23.9. The zero-order chi connectivity index (χ0) is 83.3. The molecule has 4 saturated carbocycles. The van der Waals surface area contributed by atoms with Crippen LogP contribution in [0.2, 0.25) is 20.1 Å². The summed E-state index contributed by atoms with van der Waals surface area (Å²) < 4.78 is 120. The fraction of sp³-hybridized carbons (Fsp3) is 0.663. The van der Waals surface area contributed by atoms with Crippen LogP contribution >= 0.6 is 83.6 Å². The van der Waals surface area contributed by atoms with Crippen LogP contribution in [0, 0.1) is 88.6 Å². The Kier molecular flexibility index (Phi) is 49.9. The molecule has 8 fully saturated rings. The largest absolute Gasteiger partial charge is 0.491 e. The Labute approximate surface area is 770 Å². The summed E-state index contributed by atoms with van der Waals surface area (Å²) in [6, 6.07) is 27.7. The summed E-state index contributed by atoms with van der Waals surface area (Å²) >= 11 is 28.9. The maximum absolute atomic E-state index is 14.6. The van der Waals surface area contributed by atoms with Crippen molar-refractivity contribution in [3.05, 3.63) is 142 Å². The number of alkyl halides is 4. The molecule has 4 aliphatic carbocycles. The number of carboxylic acids is 1. The number of methoxy groups -OCH3 is 1. The zero-order valence-corrected chi connectivity index (χ0v) is 79.5. The number of allylic oxidation sites excluding steroid dienone is 3. The number of aliphatic hydroxyl groups is 6. The van der Waals surface area contributed by atoms with Gasteiger partial charge >= 0.3 is 56.5 Å². The van der Waals surface area contributed by atoms with Crippen LogP contribution < -0.4 is 32.2 Å². The van der Waals surface area contributed by atoms with Gasteiger partial charge in [-0.25, -0.2) is 17.6 Å². The molecule has 0 aromatic heterocycles. The van der Waals surface area contributed by atoms with Gasteiger partial charge in [0.15, 0.2) is 25.2 Å². The standard InChI is InChI=1S/C24H34ClFO5.2C22H30ClFO5.C18H24ClFO4.I3.Pr/c1-28-12-5-8-20-21(23(15-22(20)27)31-24-9-2-3-13-29-24)11-10-18(26)16-30-19-7-4-6-17(25)14-19;23-14-4-3-5-16(10-14)27-13-15(24)7-8-17-18-11-21(25)28-20(18)12-19(17)29-22-6-1-2-9-26-22;23-15-6-5-7-17(12-15)29-14-16(24)10-11-19-18(20(25)13-21(19)26)8-3-1-2-4-9-22(27)28;19-11-2-1-3-13(8-11)23-10-12(20)4-5-14-15-6-7-18(22)24-17(15)9-16(14)21;1-3-2;/h4-7,12,14,18,20-24,27H,2-3,8-11,13,15-16H2,1H3;3-5,10,15,17-22,25H,1-2,6-9,11-13H2;1-2,5-7,12,16,18-21,25-26H,3-4,8-11,13-14H2,(H,27,28);1-3,8,12,14-18,21-22H,4-7,9-10H2;;/q;;;;-1;/b;;2-1-;;;/t18-,20-,21-,22+,23-,24?;15-,17-,18-,19-,20+,21?,22?;16-,18-,19-,20+,21-;12-,14-,15-,16-,17+,18?;;/m1111../s1. The van der Waals surface area contributed by atoms with Crippen molar-refractivity contribution in [2.45, 2.75) is 266 Å². The van der Waals surface area contributed by atoms with Gasteiger partial charge in [-0.2, -0.15) is 0 Å². The molecule has 8 aliphatic rings. The molecule has 657 valence electrons. The molecule has 4 aromatic rings. The average molecular weight is 2200 g/mol. The van der Waals surface area contributed by atoms with Gasteiger partial charge in [-0.15, -0.1) is 0 Å². The number of halogens is 11. The molecule has 4 saturated heterocycles. The van der Waals surface area contributed by atoms with Crippen LogP contribution in [-0.4, -0.2) is 187 Å². The number of ether oxygens (including phenoxy) is 11. The molecule has 0 bridgehead atoms. The van der Waals surface area contributed by atoms with Crippen molar-refractivity contribution in [2.24, 2.45) is 47.3 Å². The molecule has 0 amide bonds. The molecule has 4 unspecified atom stereocenters. The topological polar surface area (TPSA) is 260 Å². The second-order valence-corrected chi connectivity index (χ2v) is 49.2. The first-order valence-electron chi connectivity index (χ1n) is 40.9. The van der Waals surface area contributed by atoms with E-state index in [0.717, 1.165) is 58.0 Å². The van der Waals surface area contributed by atoms with Gasteiger partial charge in [-0.05, 0) is 261 Å². The average Bonchev–Trinajstić information content (AvgIpc) is 1.64. The Morgan fingerprint density at radius 3 is 1.35 bits per heavy atom. The first kappa shape index (κ1) is 103. The molecule has 7 N–H and O–H groups in total. The normalized spacial score (nSPS) is 30.1. The van der Waals surface area contributed by atoms with Gasteiger partial charge in [0.1, 0.15) is 74.1 Å². The summed E-state index contributed by atoms with van der Waals surface area (Å²) in [4.78, 5) is 10.5. The fourth-order valence-electron chi connectivity index (χ4n) is 17.3. The molecule has 0 spiro atoms. The van der Waals surface area contributed by atoms with Gasteiger partial charge in [-0.3, -0.25) is 4.79 Å². The van der Waals surface area contributed by atoms with Gasteiger partial charge in [0, 0.05) is 107 Å². The van der Waals surface area contributed by atoms with Crippen molar-refractivity contribution < 1.29 is 165 Å². The Morgan fingerprint density at radius 2 is 0.897 bits per heavy atom. The van der Waals surface area contributed by atoms with Crippen molar-refractivity contribution >= 4 is 89.6 Å². The van der Waals surface area contributed by atoms with Crippen molar-refractivity contribution in [1.29, 1.82) is 0 Å². The van der Waals surface area contributed by atoms with Gasteiger partial charge in [0.25, 0.3) is 0 Å². The molecule has 31 heteroatoms. The second kappa shape index (κ2) is 56.8. The van der Waals surface area contributed by atoms with Crippen LogP contribution in [0.3, 0.4) is 0 Å². The van der Waals surface area contributed by atoms with Crippen molar-refractivity contribution in [1.82, 2.24) is 0 Å². The van der Waals surface area contributed by atoms with E-state index in [9.17, 15) is 53.0 Å². The predicted molar refractivity (Wildman–Crippen MR) is 451 cm³/mol. The van der Waals surface area contributed by atoms with E-state index in [2.05, 4.69) is 37.2 Å². The molecular weight excluding hydrogens is 2080 g/mol. The number of carboxylic acid groups (broad SMARTS) is 1. The van der Waals surface area contributed by atoms with Gasteiger partial charge in [0.2, 0.25) is 0 Å². The van der Waals surface area contributed by atoms with Gasteiger partial charge < -0.3 is 87.9 Å². The molecule has 24 atom stereocenters. The summed E-state index contributed by atoms with van der Waals surface area (Å²) in [5, 5.41) is 71.7. The minimum Gasteiger partial charge on any atom is -0.491 e. The molecule has 4 aliphatic heterocycles. The van der Waals surface area contributed by atoms with Crippen LogP contribution in [-0.2, 0) is 38.0 Å². The van der Waals surface area contributed by atoms with Crippen LogP contribution in [0.5, 0.6) is 23.0 Å². The number of aliphatic hydroxyl groups excluding tert-OH is 6.